The summed E-state index contributed by atoms with van der Waals surface area (Å²) in [5.74, 6) is 0.563. The van der Waals surface area contributed by atoms with E-state index >= 15 is 0 Å². The monoisotopic (exact) mass is 232 g/mol. The van der Waals surface area contributed by atoms with Crippen LogP contribution in [0.1, 0.15) is 12.5 Å². The van der Waals surface area contributed by atoms with E-state index in [0.29, 0.717) is 12.4 Å². The highest BCUT2D eigenvalue weighted by Gasteiger charge is 2.01. The van der Waals surface area contributed by atoms with Gasteiger partial charge in [-0.2, -0.15) is 5.10 Å². The van der Waals surface area contributed by atoms with Gasteiger partial charge in [0.1, 0.15) is 12.7 Å². The molecule has 0 saturated heterocycles. The Bertz CT molecular complexity index is 508. The molecule has 0 radical (unpaired) electrons. The van der Waals surface area contributed by atoms with Crippen LogP contribution in [0.2, 0.25) is 0 Å². The fraction of sp³-hybridized carbons (Fsp3) is 0.182. The summed E-state index contributed by atoms with van der Waals surface area (Å²) < 4.78 is 6.75. The molecule has 2 aromatic rings. The van der Waals surface area contributed by atoms with Crippen LogP contribution >= 0.6 is 0 Å². The standard InChI is InChI=1S/C11H12N4O2/c1-2-17-11-5-9(3-4-10(11)16)6-14-15-7-12-13-8-15/h3-8,16H,2H2,1H3. The van der Waals surface area contributed by atoms with E-state index in [1.165, 1.54) is 17.3 Å². The molecule has 17 heavy (non-hydrogen) atoms. The van der Waals surface area contributed by atoms with Crippen molar-refractivity contribution in [1.29, 1.82) is 0 Å². The summed E-state index contributed by atoms with van der Waals surface area (Å²) in [6.45, 7) is 2.36. The number of phenols is 1. The predicted molar refractivity (Wildman–Crippen MR) is 62.3 cm³/mol. The third-order valence-corrected chi connectivity index (χ3v) is 2.03. The molecule has 0 unspecified atom stereocenters. The van der Waals surface area contributed by atoms with Crippen molar-refractivity contribution in [3.05, 3.63) is 36.4 Å². The van der Waals surface area contributed by atoms with Gasteiger partial charge >= 0.3 is 0 Å². The summed E-state index contributed by atoms with van der Waals surface area (Å²) in [6.07, 6.45) is 4.60. The number of aromatic hydroxyl groups is 1. The van der Waals surface area contributed by atoms with E-state index in [2.05, 4.69) is 15.3 Å². The second-order valence-corrected chi connectivity index (χ2v) is 3.25. The van der Waals surface area contributed by atoms with Crippen molar-refractivity contribution in [2.24, 2.45) is 5.10 Å². The predicted octanol–water partition coefficient (Wildman–Crippen LogP) is 1.26. The first-order valence-electron chi connectivity index (χ1n) is 5.14. The maximum Gasteiger partial charge on any atom is 0.161 e. The first-order valence-corrected chi connectivity index (χ1v) is 5.14. The number of benzene rings is 1. The van der Waals surface area contributed by atoms with E-state index in [1.807, 2.05) is 6.92 Å². The van der Waals surface area contributed by atoms with Gasteiger partial charge in [-0.3, -0.25) is 0 Å². The molecule has 2 rings (SSSR count). The summed E-state index contributed by atoms with van der Waals surface area (Å²) in [7, 11) is 0. The maximum atomic E-state index is 9.52. The van der Waals surface area contributed by atoms with Gasteiger partial charge in [0.2, 0.25) is 0 Å². The highest BCUT2D eigenvalue weighted by Crippen LogP contribution is 2.26. The van der Waals surface area contributed by atoms with Crippen LogP contribution in [0, 0.1) is 0 Å². The summed E-state index contributed by atoms with van der Waals surface area (Å²) in [6, 6.07) is 5.02. The van der Waals surface area contributed by atoms with Gasteiger partial charge in [-0.25, -0.2) is 4.68 Å². The molecule has 88 valence electrons. The van der Waals surface area contributed by atoms with E-state index in [0.717, 1.165) is 5.56 Å². The molecule has 1 N–H and O–H groups in total. The Morgan fingerprint density at radius 1 is 1.41 bits per heavy atom. The van der Waals surface area contributed by atoms with Gasteiger partial charge in [-0.05, 0) is 30.7 Å². The molecule has 0 bridgehead atoms. The number of phenolic OH excluding ortho intramolecular Hbond substituents is 1. The maximum absolute atomic E-state index is 9.52. The van der Waals surface area contributed by atoms with E-state index in [9.17, 15) is 5.11 Å². The van der Waals surface area contributed by atoms with Crippen LogP contribution in [-0.4, -0.2) is 32.8 Å². The summed E-state index contributed by atoms with van der Waals surface area (Å²) in [5.41, 5.74) is 0.819. The van der Waals surface area contributed by atoms with Crippen LogP contribution in [0.25, 0.3) is 0 Å². The highest BCUT2D eigenvalue weighted by molar-refractivity contribution is 5.80. The number of aromatic nitrogens is 3. The van der Waals surface area contributed by atoms with E-state index < -0.39 is 0 Å². The first kappa shape index (κ1) is 11.1. The molecule has 1 aromatic heterocycles. The van der Waals surface area contributed by atoms with E-state index in [-0.39, 0.29) is 5.75 Å². The second kappa shape index (κ2) is 5.11. The van der Waals surface area contributed by atoms with Crippen molar-refractivity contribution < 1.29 is 9.84 Å². The zero-order chi connectivity index (χ0) is 12.1. The molecule has 0 spiro atoms. The number of ether oxygens (including phenoxy) is 1. The van der Waals surface area contributed by atoms with Crippen molar-refractivity contribution in [3.63, 3.8) is 0 Å². The van der Waals surface area contributed by atoms with Gasteiger partial charge in [-0.15, -0.1) is 10.2 Å². The minimum Gasteiger partial charge on any atom is -0.504 e. The third kappa shape index (κ3) is 2.81. The lowest BCUT2D eigenvalue weighted by Gasteiger charge is -2.05. The average molecular weight is 232 g/mol. The topological polar surface area (TPSA) is 72.5 Å². The first-order chi connectivity index (χ1) is 8.29. The van der Waals surface area contributed by atoms with Crippen LogP contribution < -0.4 is 4.74 Å². The van der Waals surface area contributed by atoms with Gasteiger partial charge in [0.15, 0.2) is 11.5 Å². The highest BCUT2D eigenvalue weighted by atomic mass is 16.5. The van der Waals surface area contributed by atoms with E-state index in [1.54, 1.807) is 24.4 Å². The Hall–Kier alpha value is -2.37. The molecular formula is C11H12N4O2. The van der Waals surface area contributed by atoms with Gasteiger partial charge in [-0.1, -0.05) is 0 Å². The van der Waals surface area contributed by atoms with Crippen molar-refractivity contribution in [3.8, 4) is 11.5 Å². The zero-order valence-corrected chi connectivity index (χ0v) is 9.32. The Labute approximate surface area is 98.2 Å². The lowest BCUT2D eigenvalue weighted by atomic mass is 10.2. The molecular weight excluding hydrogens is 220 g/mol. The molecule has 0 aliphatic rings. The number of hydrogen-bond donors (Lipinski definition) is 1. The summed E-state index contributed by atoms with van der Waals surface area (Å²) in [4.78, 5) is 0. The summed E-state index contributed by atoms with van der Waals surface area (Å²) in [5, 5.41) is 20.9. The van der Waals surface area contributed by atoms with Gasteiger partial charge in [0, 0.05) is 0 Å². The molecule has 6 heteroatoms. The zero-order valence-electron chi connectivity index (χ0n) is 9.32. The molecule has 0 saturated carbocycles. The normalized spacial score (nSPS) is 10.9. The molecule has 0 atom stereocenters. The SMILES string of the molecule is CCOc1cc(C=Nn2cnnc2)ccc1O. The Morgan fingerprint density at radius 3 is 2.88 bits per heavy atom. The van der Waals surface area contributed by atoms with Gasteiger partial charge in [0.25, 0.3) is 0 Å². The molecule has 6 nitrogen and oxygen atoms in total. The smallest absolute Gasteiger partial charge is 0.161 e. The van der Waals surface area contributed by atoms with Crippen LogP contribution in [-0.2, 0) is 0 Å². The Balaban J connectivity index is 2.19. The van der Waals surface area contributed by atoms with Crippen molar-refractivity contribution >= 4 is 6.21 Å². The van der Waals surface area contributed by atoms with Gasteiger partial charge < -0.3 is 9.84 Å². The molecule has 0 aliphatic heterocycles. The van der Waals surface area contributed by atoms with Crippen molar-refractivity contribution in [1.82, 2.24) is 14.9 Å². The minimum absolute atomic E-state index is 0.119. The van der Waals surface area contributed by atoms with Crippen molar-refractivity contribution in [2.45, 2.75) is 6.92 Å². The van der Waals surface area contributed by atoms with Crippen LogP contribution in [0.3, 0.4) is 0 Å². The molecule has 0 aliphatic carbocycles. The largest absolute Gasteiger partial charge is 0.504 e. The summed E-state index contributed by atoms with van der Waals surface area (Å²) >= 11 is 0. The minimum atomic E-state index is 0.119. The second-order valence-electron chi connectivity index (χ2n) is 3.25. The van der Waals surface area contributed by atoms with Crippen molar-refractivity contribution in [2.75, 3.05) is 6.61 Å². The number of hydrogen-bond acceptors (Lipinski definition) is 5. The quantitative estimate of drug-likeness (QED) is 0.805. The lowest BCUT2D eigenvalue weighted by Crippen LogP contribution is -1.93. The molecule has 0 fully saturated rings. The van der Waals surface area contributed by atoms with Crippen LogP contribution in [0.4, 0.5) is 0 Å². The van der Waals surface area contributed by atoms with Crippen LogP contribution in [0.5, 0.6) is 11.5 Å². The van der Waals surface area contributed by atoms with Crippen LogP contribution in [0.15, 0.2) is 36.0 Å². The third-order valence-electron chi connectivity index (χ3n) is 2.03. The van der Waals surface area contributed by atoms with Gasteiger partial charge in [0.05, 0.1) is 12.8 Å². The average Bonchev–Trinajstić information content (AvgIpc) is 2.83. The molecule has 0 amide bonds. The fourth-order valence-corrected chi connectivity index (χ4v) is 1.27. The Morgan fingerprint density at radius 2 is 2.18 bits per heavy atom. The van der Waals surface area contributed by atoms with E-state index in [4.69, 9.17) is 4.74 Å². The fourth-order valence-electron chi connectivity index (χ4n) is 1.27. The Kier molecular flexibility index (Phi) is 3.34. The number of nitrogens with zero attached hydrogens (tertiary/aromatic N) is 4. The molecule has 1 aromatic carbocycles. The lowest BCUT2D eigenvalue weighted by molar-refractivity contribution is 0.318. The molecule has 1 heterocycles. The number of rotatable bonds is 4.